The van der Waals surface area contributed by atoms with Crippen molar-refractivity contribution in [2.24, 2.45) is 5.92 Å². The lowest BCUT2D eigenvalue weighted by Crippen LogP contribution is -2.28. The molecule has 1 atom stereocenters. The largest absolute Gasteiger partial charge is 0.455 e. The molecule has 1 heterocycles. The van der Waals surface area contributed by atoms with Crippen molar-refractivity contribution in [1.29, 1.82) is 0 Å². The zero-order chi connectivity index (χ0) is 19.4. The summed E-state index contributed by atoms with van der Waals surface area (Å²) in [5.41, 5.74) is 3.41. The van der Waals surface area contributed by atoms with E-state index in [1.165, 1.54) is 0 Å². The van der Waals surface area contributed by atoms with Crippen molar-refractivity contribution in [2.75, 3.05) is 23.4 Å². The fourth-order valence-electron chi connectivity index (χ4n) is 3.03. The summed E-state index contributed by atoms with van der Waals surface area (Å²) < 4.78 is 5.13. The molecular formula is C21H22N2O4. The minimum Gasteiger partial charge on any atom is -0.455 e. The number of nitrogens with one attached hydrogen (secondary N) is 1. The van der Waals surface area contributed by atoms with Gasteiger partial charge in [0, 0.05) is 24.3 Å². The third-order valence-corrected chi connectivity index (χ3v) is 4.54. The highest BCUT2D eigenvalue weighted by Crippen LogP contribution is 2.25. The first-order valence-corrected chi connectivity index (χ1v) is 8.83. The van der Waals surface area contributed by atoms with Gasteiger partial charge in [-0.3, -0.25) is 14.4 Å². The molecule has 6 heteroatoms. The normalized spacial score (nSPS) is 16.3. The van der Waals surface area contributed by atoms with Crippen LogP contribution in [-0.4, -0.2) is 30.9 Å². The molecule has 27 heavy (non-hydrogen) atoms. The third-order valence-electron chi connectivity index (χ3n) is 4.54. The van der Waals surface area contributed by atoms with Gasteiger partial charge in [0.1, 0.15) is 0 Å². The van der Waals surface area contributed by atoms with Crippen LogP contribution in [0.2, 0.25) is 0 Å². The van der Waals surface area contributed by atoms with Crippen molar-refractivity contribution in [2.45, 2.75) is 20.3 Å². The smallest absolute Gasteiger partial charge is 0.311 e. The quantitative estimate of drug-likeness (QED) is 0.826. The van der Waals surface area contributed by atoms with Gasteiger partial charge in [-0.25, -0.2) is 0 Å². The number of amides is 2. The van der Waals surface area contributed by atoms with E-state index in [9.17, 15) is 14.4 Å². The second-order valence-corrected chi connectivity index (χ2v) is 6.72. The first-order chi connectivity index (χ1) is 12.9. The number of aryl methyl sites for hydroxylation is 2. The van der Waals surface area contributed by atoms with Gasteiger partial charge in [-0.1, -0.05) is 30.3 Å². The first-order valence-electron chi connectivity index (χ1n) is 8.83. The number of para-hydroxylation sites is 1. The lowest BCUT2D eigenvalue weighted by Gasteiger charge is -2.16. The fourth-order valence-corrected chi connectivity index (χ4v) is 3.03. The highest BCUT2D eigenvalue weighted by Gasteiger charge is 2.36. The summed E-state index contributed by atoms with van der Waals surface area (Å²) in [6.45, 7) is 3.72. The van der Waals surface area contributed by atoms with Gasteiger partial charge < -0.3 is 15.0 Å². The summed E-state index contributed by atoms with van der Waals surface area (Å²) in [5, 5.41) is 2.75. The van der Waals surface area contributed by atoms with Crippen molar-refractivity contribution in [3.05, 3.63) is 59.7 Å². The first kappa shape index (κ1) is 18.6. The molecule has 0 aliphatic carbocycles. The third kappa shape index (κ3) is 4.53. The van der Waals surface area contributed by atoms with E-state index in [4.69, 9.17) is 4.74 Å². The molecule has 0 spiro atoms. The van der Waals surface area contributed by atoms with E-state index in [-0.39, 0.29) is 25.5 Å². The topological polar surface area (TPSA) is 75.7 Å². The number of esters is 1. The fraction of sp³-hybridized carbons (Fsp3) is 0.286. The van der Waals surface area contributed by atoms with Crippen molar-refractivity contribution >= 4 is 29.2 Å². The van der Waals surface area contributed by atoms with Gasteiger partial charge in [-0.05, 0) is 43.2 Å². The van der Waals surface area contributed by atoms with Crippen LogP contribution in [0.15, 0.2) is 48.5 Å². The molecule has 0 bridgehead atoms. The number of carbonyl (C=O) groups is 3. The number of benzene rings is 2. The number of hydrogen-bond donors (Lipinski definition) is 1. The van der Waals surface area contributed by atoms with Crippen molar-refractivity contribution < 1.29 is 19.1 Å². The summed E-state index contributed by atoms with van der Waals surface area (Å²) in [6, 6.07) is 14.9. The monoisotopic (exact) mass is 366 g/mol. The Labute approximate surface area is 158 Å². The zero-order valence-electron chi connectivity index (χ0n) is 15.4. The molecule has 6 nitrogen and oxygen atoms in total. The van der Waals surface area contributed by atoms with E-state index in [1.807, 2.05) is 62.4 Å². The number of rotatable bonds is 5. The zero-order valence-corrected chi connectivity index (χ0v) is 15.4. The predicted octanol–water partition coefficient (Wildman–Crippen LogP) is 2.84. The van der Waals surface area contributed by atoms with Crippen molar-refractivity contribution in [3.63, 3.8) is 0 Å². The van der Waals surface area contributed by atoms with Gasteiger partial charge >= 0.3 is 5.97 Å². The Morgan fingerprint density at radius 2 is 1.89 bits per heavy atom. The van der Waals surface area contributed by atoms with Crippen LogP contribution in [0.25, 0.3) is 0 Å². The van der Waals surface area contributed by atoms with Crippen LogP contribution in [-0.2, 0) is 19.1 Å². The maximum Gasteiger partial charge on any atom is 0.311 e. The Balaban J connectivity index is 1.53. The number of carbonyl (C=O) groups excluding carboxylic acids is 3. The number of hydrogen-bond acceptors (Lipinski definition) is 4. The van der Waals surface area contributed by atoms with E-state index in [0.717, 1.165) is 16.8 Å². The number of ether oxygens (including phenoxy) is 1. The van der Waals surface area contributed by atoms with Gasteiger partial charge in [0.15, 0.2) is 6.61 Å². The maximum atomic E-state index is 12.3. The van der Waals surface area contributed by atoms with Crippen LogP contribution in [0, 0.1) is 19.8 Å². The van der Waals surface area contributed by atoms with Gasteiger partial charge in [-0.15, -0.1) is 0 Å². The average molecular weight is 366 g/mol. The summed E-state index contributed by atoms with van der Waals surface area (Å²) in [4.78, 5) is 38.1. The second-order valence-electron chi connectivity index (χ2n) is 6.72. The SMILES string of the molecule is Cc1ccc(C)c(NC(=O)COC(=O)C2CC(=O)N(c3ccccc3)C2)c1. The molecule has 3 rings (SSSR count). The molecular weight excluding hydrogens is 344 g/mol. The standard InChI is InChI=1S/C21H22N2O4/c1-14-8-9-15(2)18(10-14)22-19(24)13-27-21(26)16-11-20(25)23(12-16)17-6-4-3-5-7-17/h3-10,16H,11-13H2,1-2H3,(H,22,24). The van der Waals surface area contributed by atoms with Gasteiger partial charge in [-0.2, -0.15) is 0 Å². The Morgan fingerprint density at radius 3 is 2.63 bits per heavy atom. The van der Waals surface area contributed by atoms with Crippen LogP contribution < -0.4 is 10.2 Å². The molecule has 1 unspecified atom stereocenters. The Bertz CT molecular complexity index is 864. The summed E-state index contributed by atoms with van der Waals surface area (Å²) in [6.07, 6.45) is 0.0896. The minimum absolute atomic E-state index is 0.0896. The molecule has 2 aromatic rings. The van der Waals surface area contributed by atoms with E-state index < -0.39 is 17.8 Å². The molecule has 0 aromatic heterocycles. The van der Waals surface area contributed by atoms with Crippen molar-refractivity contribution in [1.82, 2.24) is 0 Å². The lowest BCUT2D eigenvalue weighted by atomic mass is 10.1. The van der Waals surface area contributed by atoms with Crippen LogP contribution in [0.3, 0.4) is 0 Å². The van der Waals surface area contributed by atoms with E-state index in [2.05, 4.69) is 5.32 Å². The number of nitrogens with zero attached hydrogens (tertiary/aromatic N) is 1. The molecule has 140 valence electrons. The molecule has 1 N–H and O–H groups in total. The Morgan fingerprint density at radius 1 is 1.15 bits per heavy atom. The van der Waals surface area contributed by atoms with Crippen LogP contribution >= 0.6 is 0 Å². The van der Waals surface area contributed by atoms with Crippen LogP contribution in [0.4, 0.5) is 11.4 Å². The van der Waals surface area contributed by atoms with E-state index in [1.54, 1.807) is 4.90 Å². The predicted molar refractivity (Wildman–Crippen MR) is 102 cm³/mol. The highest BCUT2D eigenvalue weighted by atomic mass is 16.5. The van der Waals surface area contributed by atoms with Gasteiger partial charge in [0.05, 0.1) is 5.92 Å². The molecule has 2 amide bonds. The Hall–Kier alpha value is -3.15. The molecule has 0 saturated carbocycles. The van der Waals surface area contributed by atoms with E-state index in [0.29, 0.717) is 5.69 Å². The molecule has 0 radical (unpaired) electrons. The second kappa shape index (κ2) is 8.03. The minimum atomic E-state index is -0.564. The molecule has 1 aliphatic heterocycles. The highest BCUT2D eigenvalue weighted by molar-refractivity contribution is 6.00. The van der Waals surface area contributed by atoms with E-state index >= 15 is 0 Å². The molecule has 2 aromatic carbocycles. The maximum absolute atomic E-state index is 12.3. The lowest BCUT2D eigenvalue weighted by molar-refractivity contribution is -0.151. The van der Waals surface area contributed by atoms with Gasteiger partial charge in [0.25, 0.3) is 5.91 Å². The average Bonchev–Trinajstić information content (AvgIpc) is 3.05. The summed E-state index contributed by atoms with van der Waals surface area (Å²) in [5.74, 6) is -1.62. The molecule has 1 saturated heterocycles. The number of anilines is 2. The van der Waals surface area contributed by atoms with Crippen LogP contribution in [0.1, 0.15) is 17.5 Å². The summed E-state index contributed by atoms with van der Waals surface area (Å²) in [7, 11) is 0. The summed E-state index contributed by atoms with van der Waals surface area (Å²) >= 11 is 0. The van der Waals surface area contributed by atoms with Crippen LogP contribution in [0.5, 0.6) is 0 Å². The molecule has 1 fully saturated rings. The Kier molecular flexibility index (Phi) is 5.54. The van der Waals surface area contributed by atoms with Crippen molar-refractivity contribution in [3.8, 4) is 0 Å². The van der Waals surface area contributed by atoms with Gasteiger partial charge in [0.2, 0.25) is 5.91 Å². The molecule has 1 aliphatic rings.